The molecule has 0 N–H and O–H groups in total. The van der Waals surface area contributed by atoms with Crippen LogP contribution in [0.15, 0.2) is 52.5 Å². The number of benzene rings is 1. The first-order valence-electron chi connectivity index (χ1n) is 12.2. The summed E-state index contributed by atoms with van der Waals surface area (Å²) in [5.41, 5.74) is 0.591. The average molecular weight is 573 g/mol. The number of amides is 1. The van der Waals surface area contributed by atoms with Crippen LogP contribution in [0.3, 0.4) is 0 Å². The Kier molecular flexibility index (Phi) is 6.80. The Morgan fingerprint density at radius 1 is 1.20 bits per heavy atom. The van der Waals surface area contributed by atoms with E-state index in [0.717, 1.165) is 13.2 Å². The third-order valence-electron chi connectivity index (χ3n) is 6.94. The zero-order valence-corrected chi connectivity index (χ0v) is 21.9. The predicted molar refractivity (Wildman–Crippen MR) is 136 cm³/mol. The smallest absolute Gasteiger partial charge is 0.451 e. The van der Waals surface area contributed by atoms with Gasteiger partial charge in [0.25, 0.3) is 5.91 Å². The van der Waals surface area contributed by atoms with Crippen LogP contribution in [-0.2, 0) is 20.0 Å². The molecule has 3 aromatic rings. The summed E-state index contributed by atoms with van der Waals surface area (Å²) >= 11 is 1.28. The number of nitrogens with zero attached hydrogens (tertiary/aromatic N) is 4. The minimum Gasteiger partial charge on any atom is -0.451 e. The first-order chi connectivity index (χ1) is 19.4. The van der Waals surface area contributed by atoms with E-state index in [1.807, 2.05) is 6.07 Å². The van der Waals surface area contributed by atoms with Gasteiger partial charge in [-0.15, -0.1) is 11.8 Å². The monoisotopic (exact) mass is 572 g/mol. The third kappa shape index (κ3) is 4.23. The molecule has 0 saturated carbocycles. The van der Waals surface area contributed by atoms with E-state index in [-0.39, 0.29) is 42.5 Å². The van der Waals surface area contributed by atoms with Gasteiger partial charge in [-0.2, -0.15) is 0 Å². The number of hydrogen-bond acceptors (Lipinski definition) is 10. The van der Waals surface area contributed by atoms with Crippen molar-refractivity contribution in [2.45, 2.75) is 23.0 Å². The second-order valence-electron chi connectivity index (χ2n) is 9.02. The lowest BCUT2D eigenvalue weighted by molar-refractivity contribution is -0.0209. The predicted octanol–water partition coefficient (Wildman–Crippen LogP) is 2.79. The molecule has 208 valence electrons. The number of morpholine rings is 1. The van der Waals surface area contributed by atoms with E-state index in [9.17, 15) is 18.8 Å². The van der Waals surface area contributed by atoms with Crippen LogP contribution in [0.1, 0.15) is 33.2 Å². The van der Waals surface area contributed by atoms with E-state index < -0.39 is 48.1 Å². The van der Waals surface area contributed by atoms with Gasteiger partial charge in [-0.3, -0.25) is 19.3 Å². The first kappa shape index (κ1) is 26.1. The number of hydrogen-bond donors (Lipinski definition) is 0. The Balaban J connectivity index is 1.58. The van der Waals surface area contributed by atoms with Gasteiger partial charge in [-0.05, 0) is 17.7 Å². The fourth-order valence-corrected chi connectivity index (χ4v) is 6.25. The van der Waals surface area contributed by atoms with Crippen LogP contribution < -0.4 is 15.2 Å². The lowest BCUT2D eigenvalue weighted by atomic mass is 9.94. The van der Waals surface area contributed by atoms with Gasteiger partial charge in [0.05, 0.1) is 20.3 Å². The zero-order chi connectivity index (χ0) is 28.0. The Morgan fingerprint density at radius 2 is 2.05 bits per heavy atom. The molecule has 11 nitrogen and oxygen atoms in total. The fourth-order valence-electron chi connectivity index (χ4n) is 5.19. The number of carbonyl (C=O) groups excluding carboxylic acids is 2. The van der Waals surface area contributed by atoms with Gasteiger partial charge in [0.1, 0.15) is 17.2 Å². The highest BCUT2D eigenvalue weighted by Crippen LogP contribution is 2.44. The van der Waals surface area contributed by atoms with E-state index in [1.165, 1.54) is 34.8 Å². The molecule has 1 unspecified atom stereocenters. The van der Waals surface area contributed by atoms with E-state index in [1.54, 1.807) is 22.2 Å². The highest BCUT2D eigenvalue weighted by Gasteiger charge is 2.46. The Hall–Kier alpha value is -4.17. The summed E-state index contributed by atoms with van der Waals surface area (Å²) in [7, 11) is 1.12. The normalized spacial score (nSPS) is 19.5. The molecule has 3 aliphatic rings. The van der Waals surface area contributed by atoms with E-state index >= 15 is 4.39 Å². The minimum absolute atomic E-state index is 0.108. The van der Waals surface area contributed by atoms with Crippen LogP contribution in [0.25, 0.3) is 0 Å². The maximum atomic E-state index is 15.2. The molecular formula is C26H22F2N4O7S. The number of ether oxygens (including phenoxy) is 4. The summed E-state index contributed by atoms with van der Waals surface area (Å²) in [6.45, 7) is -0.118. The molecule has 1 aromatic carbocycles. The molecular weight excluding hydrogens is 550 g/mol. The fraction of sp³-hybridized carbons (Fsp3) is 0.308. The molecule has 5 heterocycles. The number of methoxy groups -OCH3 is 1. The number of pyridine rings is 2. The molecule has 14 heteroatoms. The maximum absolute atomic E-state index is 15.2. The summed E-state index contributed by atoms with van der Waals surface area (Å²) in [4.78, 5) is 44.2. The second kappa shape index (κ2) is 10.4. The van der Waals surface area contributed by atoms with Crippen molar-refractivity contribution in [3.8, 4) is 5.75 Å². The standard InChI is InChI=1S/C26H22F2N4O7S/c1-36-26(35)39-13-38-23-18(33)6-8-31-22(23)25(34)30-9-10-37-11-19(30)32(31)21-14-4-5-17(27)20(28)16(14)12-40-24-15(21)3-2-7-29-24/h2-8,19,21H,9-13H2,1H3/t19-,21?/m1/s1. The molecule has 2 aromatic heterocycles. The van der Waals surface area contributed by atoms with Crippen LogP contribution in [0.4, 0.5) is 13.6 Å². The largest absolute Gasteiger partial charge is 0.510 e. The second-order valence-corrected chi connectivity index (χ2v) is 9.98. The lowest BCUT2D eigenvalue weighted by Crippen LogP contribution is -2.66. The quantitative estimate of drug-likeness (QED) is 0.342. The van der Waals surface area contributed by atoms with Gasteiger partial charge >= 0.3 is 6.16 Å². The molecule has 1 amide bonds. The highest BCUT2D eigenvalue weighted by molar-refractivity contribution is 7.98. The molecule has 1 fully saturated rings. The van der Waals surface area contributed by atoms with Gasteiger partial charge in [0.2, 0.25) is 18.0 Å². The Morgan fingerprint density at radius 3 is 2.88 bits per heavy atom. The molecule has 0 spiro atoms. The van der Waals surface area contributed by atoms with Crippen LogP contribution in [0, 0.1) is 11.6 Å². The molecule has 3 aliphatic heterocycles. The van der Waals surface area contributed by atoms with E-state index in [2.05, 4.69) is 9.72 Å². The molecule has 0 bridgehead atoms. The van der Waals surface area contributed by atoms with Crippen molar-refractivity contribution in [2.24, 2.45) is 0 Å². The zero-order valence-electron chi connectivity index (χ0n) is 21.0. The first-order valence-corrected chi connectivity index (χ1v) is 13.2. The van der Waals surface area contributed by atoms with Gasteiger partial charge < -0.3 is 23.8 Å². The third-order valence-corrected chi connectivity index (χ3v) is 7.99. The van der Waals surface area contributed by atoms with Gasteiger partial charge in [0.15, 0.2) is 17.3 Å². The number of rotatable bonds is 4. The Bertz CT molecular complexity index is 1570. The number of aromatic nitrogens is 2. The average Bonchev–Trinajstić information content (AvgIpc) is 3.13. The summed E-state index contributed by atoms with van der Waals surface area (Å²) in [5.74, 6) is -2.65. The van der Waals surface area contributed by atoms with Crippen molar-refractivity contribution in [1.82, 2.24) is 14.6 Å². The maximum Gasteiger partial charge on any atom is 0.510 e. The van der Waals surface area contributed by atoms with Gasteiger partial charge in [-0.1, -0.05) is 12.1 Å². The molecule has 40 heavy (non-hydrogen) atoms. The number of carbonyl (C=O) groups is 2. The summed E-state index contributed by atoms with van der Waals surface area (Å²) in [6, 6.07) is 6.61. The number of halogens is 2. The molecule has 2 atom stereocenters. The Labute approximate surface area is 230 Å². The highest BCUT2D eigenvalue weighted by atomic mass is 32.2. The minimum atomic E-state index is -1.03. The van der Waals surface area contributed by atoms with Crippen molar-refractivity contribution in [3.05, 3.63) is 87.0 Å². The topological polar surface area (TPSA) is 112 Å². The van der Waals surface area contributed by atoms with Gasteiger partial charge in [0, 0.05) is 41.9 Å². The van der Waals surface area contributed by atoms with Gasteiger partial charge in [-0.25, -0.2) is 18.6 Å². The molecule has 0 radical (unpaired) electrons. The van der Waals surface area contributed by atoms with E-state index in [0.29, 0.717) is 16.2 Å². The van der Waals surface area contributed by atoms with Crippen LogP contribution in [-0.4, -0.2) is 66.4 Å². The summed E-state index contributed by atoms with van der Waals surface area (Å²) in [6.07, 6.45) is 1.32. The van der Waals surface area contributed by atoms with Crippen molar-refractivity contribution in [3.63, 3.8) is 0 Å². The molecule has 1 saturated heterocycles. The van der Waals surface area contributed by atoms with Crippen LogP contribution in [0.2, 0.25) is 0 Å². The lowest BCUT2D eigenvalue weighted by Gasteiger charge is -2.51. The van der Waals surface area contributed by atoms with Crippen molar-refractivity contribution in [1.29, 1.82) is 0 Å². The SMILES string of the molecule is COC(=O)OCOc1c2n(ccc1=O)N(C1c3cccnc3SCc3c1ccc(F)c3F)[C@@H]1COCCN1C2=O. The van der Waals surface area contributed by atoms with Crippen LogP contribution >= 0.6 is 11.8 Å². The van der Waals surface area contributed by atoms with Crippen molar-refractivity contribution in [2.75, 3.05) is 38.7 Å². The van der Waals surface area contributed by atoms with Crippen molar-refractivity contribution >= 4 is 23.8 Å². The summed E-state index contributed by atoms with van der Waals surface area (Å²) in [5, 5.41) is 2.39. The molecule has 0 aliphatic carbocycles. The van der Waals surface area contributed by atoms with E-state index in [4.69, 9.17) is 14.2 Å². The number of thioether (sulfide) groups is 1. The van der Waals surface area contributed by atoms with Crippen molar-refractivity contribution < 1.29 is 37.3 Å². The van der Waals surface area contributed by atoms with Crippen LogP contribution in [0.5, 0.6) is 5.75 Å². The number of fused-ring (bicyclic) bond motifs is 4. The summed E-state index contributed by atoms with van der Waals surface area (Å²) < 4.78 is 51.6. The molecule has 6 rings (SSSR count).